The van der Waals surface area contributed by atoms with Gasteiger partial charge < -0.3 is 10.1 Å². The lowest BCUT2D eigenvalue weighted by Crippen LogP contribution is -2.30. The van der Waals surface area contributed by atoms with Crippen molar-refractivity contribution in [3.05, 3.63) is 76.1 Å². The molecule has 7 nitrogen and oxygen atoms in total. The molecule has 1 aliphatic rings. The van der Waals surface area contributed by atoms with Gasteiger partial charge in [-0.15, -0.1) is 0 Å². The van der Waals surface area contributed by atoms with Crippen molar-refractivity contribution in [1.29, 1.82) is 0 Å². The number of methoxy groups -OCH3 is 1. The molecule has 0 saturated carbocycles. The number of amides is 1. The van der Waals surface area contributed by atoms with E-state index in [1.165, 1.54) is 11.8 Å². The summed E-state index contributed by atoms with van der Waals surface area (Å²) in [6.07, 6.45) is 7.32. The van der Waals surface area contributed by atoms with Crippen LogP contribution in [0.1, 0.15) is 29.7 Å². The number of nitrogens with zero attached hydrogens (tertiary/aromatic N) is 3. The van der Waals surface area contributed by atoms with E-state index in [-0.39, 0.29) is 17.3 Å². The summed E-state index contributed by atoms with van der Waals surface area (Å²) in [6.45, 7) is 0.463. The predicted octanol–water partition coefficient (Wildman–Crippen LogP) is 3.30. The topological polar surface area (TPSA) is 86.1 Å². The molecule has 1 N–H and O–H groups in total. The number of nitrogens with one attached hydrogen (secondary N) is 1. The Morgan fingerprint density at radius 2 is 2.00 bits per heavy atom. The number of pyridine rings is 1. The van der Waals surface area contributed by atoms with Crippen molar-refractivity contribution in [2.75, 3.05) is 18.2 Å². The Labute approximate surface area is 184 Å². The first-order valence-electron chi connectivity index (χ1n) is 10.2. The van der Waals surface area contributed by atoms with Gasteiger partial charge in [0.2, 0.25) is 5.91 Å². The maximum absolute atomic E-state index is 12.8. The van der Waals surface area contributed by atoms with Crippen molar-refractivity contribution in [3.8, 4) is 5.75 Å². The van der Waals surface area contributed by atoms with Gasteiger partial charge >= 0.3 is 5.69 Å². The highest BCUT2D eigenvalue weighted by Gasteiger charge is 2.21. The van der Waals surface area contributed by atoms with E-state index in [0.717, 1.165) is 48.3 Å². The summed E-state index contributed by atoms with van der Waals surface area (Å²) < 4.78 is 6.89. The molecule has 1 amide bonds. The Bertz CT molecular complexity index is 1110. The molecule has 1 aliphatic carbocycles. The van der Waals surface area contributed by atoms with E-state index < -0.39 is 0 Å². The van der Waals surface area contributed by atoms with Gasteiger partial charge in [0.05, 0.1) is 19.4 Å². The van der Waals surface area contributed by atoms with Gasteiger partial charge in [-0.1, -0.05) is 17.8 Å². The Morgan fingerprint density at radius 1 is 1.19 bits per heavy atom. The molecule has 31 heavy (non-hydrogen) atoms. The number of thioether (sulfide) groups is 1. The average Bonchev–Trinajstić information content (AvgIpc) is 2.81. The van der Waals surface area contributed by atoms with Crippen LogP contribution in [0, 0.1) is 0 Å². The third kappa shape index (κ3) is 5.14. The number of carbonyl (C=O) groups excluding carboxylic acids is 1. The van der Waals surface area contributed by atoms with Crippen molar-refractivity contribution in [2.24, 2.45) is 0 Å². The number of rotatable bonds is 7. The Hall–Kier alpha value is -3.13. The molecule has 0 unspecified atom stereocenters. The Morgan fingerprint density at radius 3 is 2.74 bits per heavy atom. The molecular weight excluding hydrogens is 412 g/mol. The van der Waals surface area contributed by atoms with Crippen molar-refractivity contribution >= 4 is 23.4 Å². The molecule has 0 bridgehead atoms. The quantitative estimate of drug-likeness (QED) is 0.452. The number of fused-ring (bicyclic) bond motifs is 1. The lowest BCUT2D eigenvalue weighted by molar-refractivity contribution is -0.113. The molecule has 0 radical (unpaired) electrons. The molecule has 0 saturated heterocycles. The van der Waals surface area contributed by atoms with Crippen LogP contribution in [0.15, 0.2) is 58.6 Å². The van der Waals surface area contributed by atoms with Crippen molar-refractivity contribution < 1.29 is 9.53 Å². The molecule has 0 spiro atoms. The van der Waals surface area contributed by atoms with Crippen LogP contribution < -0.4 is 15.7 Å². The second kappa shape index (κ2) is 9.78. The number of aromatic nitrogens is 3. The summed E-state index contributed by atoms with van der Waals surface area (Å²) in [7, 11) is 1.60. The fourth-order valence-electron chi connectivity index (χ4n) is 3.71. The van der Waals surface area contributed by atoms with E-state index in [9.17, 15) is 9.59 Å². The fraction of sp³-hybridized carbons (Fsp3) is 0.304. The van der Waals surface area contributed by atoms with Crippen LogP contribution in [0.2, 0.25) is 0 Å². The monoisotopic (exact) mass is 436 g/mol. The van der Waals surface area contributed by atoms with Crippen LogP contribution in [0.5, 0.6) is 5.75 Å². The molecule has 2 heterocycles. The summed E-state index contributed by atoms with van der Waals surface area (Å²) in [4.78, 5) is 33.7. The van der Waals surface area contributed by atoms with Crippen LogP contribution in [0.25, 0.3) is 0 Å². The summed E-state index contributed by atoms with van der Waals surface area (Å²) >= 11 is 1.33. The minimum absolute atomic E-state index is 0.138. The summed E-state index contributed by atoms with van der Waals surface area (Å²) in [5, 5.41) is 3.54. The molecule has 0 atom stereocenters. The van der Waals surface area contributed by atoms with Crippen molar-refractivity contribution in [3.63, 3.8) is 0 Å². The molecule has 2 aromatic heterocycles. The van der Waals surface area contributed by atoms with E-state index in [0.29, 0.717) is 17.3 Å². The molecule has 8 heteroatoms. The number of hydrogen-bond donors (Lipinski definition) is 1. The van der Waals surface area contributed by atoms with E-state index in [4.69, 9.17) is 4.74 Å². The number of anilines is 1. The molecule has 0 fully saturated rings. The first-order chi connectivity index (χ1) is 15.1. The van der Waals surface area contributed by atoms with Crippen molar-refractivity contribution in [1.82, 2.24) is 14.5 Å². The molecule has 160 valence electrons. The summed E-state index contributed by atoms with van der Waals surface area (Å²) in [6, 6.07) is 11.0. The zero-order valence-electron chi connectivity index (χ0n) is 17.3. The van der Waals surface area contributed by atoms with Crippen LogP contribution in [0.3, 0.4) is 0 Å². The van der Waals surface area contributed by atoms with Gasteiger partial charge in [-0.3, -0.25) is 14.3 Å². The van der Waals surface area contributed by atoms with Crippen LogP contribution in [-0.4, -0.2) is 33.3 Å². The molecule has 3 aromatic rings. The van der Waals surface area contributed by atoms with E-state index in [1.54, 1.807) is 48.3 Å². The van der Waals surface area contributed by atoms with Crippen LogP contribution in [-0.2, 0) is 24.2 Å². The van der Waals surface area contributed by atoms with Gasteiger partial charge in [-0.2, -0.15) is 4.98 Å². The standard InChI is InChI=1S/C23H24N4O3S/c1-30-18-10-8-17(9-11-18)25-21(28)15-31-22-19-6-2-3-7-20(19)27(23(29)26-22)14-16-5-4-12-24-13-16/h4-5,8-13H,2-3,6-7,14-15H2,1H3,(H,25,28). The first-order valence-corrected chi connectivity index (χ1v) is 11.2. The van der Waals surface area contributed by atoms with Gasteiger partial charge in [0, 0.05) is 29.3 Å². The maximum atomic E-state index is 12.8. The Balaban J connectivity index is 1.50. The van der Waals surface area contributed by atoms with Gasteiger partial charge in [0.1, 0.15) is 10.8 Å². The number of carbonyl (C=O) groups is 1. The number of benzene rings is 1. The molecule has 0 aliphatic heterocycles. The second-order valence-corrected chi connectivity index (χ2v) is 8.31. The second-order valence-electron chi connectivity index (χ2n) is 7.34. The minimum atomic E-state index is -0.275. The minimum Gasteiger partial charge on any atom is -0.497 e. The molecule has 1 aromatic carbocycles. The van der Waals surface area contributed by atoms with E-state index in [2.05, 4.69) is 15.3 Å². The highest BCUT2D eigenvalue weighted by atomic mass is 32.2. The van der Waals surface area contributed by atoms with E-state index in [1.807, 2.05) is 12.1 Å². The fourth-order valence-corrected chi connectivity index (χ4v) is 4.59. The maximum Gasteiger partial charge on any atom is 0.349 e. The zero-order valence-corrected chi connectivity index (χ0v) is 18.2. The zero-order chi connectivity index (χ0) is 21.6. The predicted molar refractivity (Wildman–Crippen MR) is 121 cm³/mol. The molecular formula is C23H24N4O3S. The van der Waals surface area contributed by atoms with Gasteiger partial charge in [-0.25, -0.2) is 4.79 Å². The summed E-state index contributed by atoms with van der Waals surface area (Å²) in [5.74, 6) is 0.786. The van der Waals surface area contributed by atoms with Gasteiger partial charge in [0.25, 0.3) is 0 Å². The van der Waals surface area contributed by atoms with Crippen molar-refractivity contribution in [2.45, 2.75) is 37.3 Å². The van der Waals surface area contributed by atoms with Gasteiger partial charge in [0.15, 0.2) is 0 Å². The Kier molecular flexibility index (Phi) is 6.66. The average molecular weight is 437 g/mol. The molecule has 4 rings (SSSR count). The lowest BCUT2D eigenvalue weighted by Gasteiger charge is -2.22. The normalized spacial score (nSPS) is 12.8. The number of hydrogen-bond acceptors (Lipinski definition) is 6. The smallest absolute Gasteiger partial charge is 0.349 e. The highest BCUT2D eigenvalue weighted by molar-refractivity contribution is 8.00. The highest BCUT2D eigenvalue weighted by Crippen LogP contribution is 2.29. The largest absolute Gasteiger partial charge is 0.497 e. The van der Waals surface area contributed by atoms with Gasteiger partial charge in [-0.05, 0) is 61.6 Å². The number of ether oxygens (including phenoxy) is 1. The van der Waals surface area contributed by atoms with Crippen LogP contribution in [0.4, 0.5) is 5.69 Å². The third-order valence-corrected chi connectivity index (χ3v) is 6.25. The lowest BCUT2D eigenvalue weighted by atomic mass is 9.97. The summed E-state index contributed by atoms with van der Waals surface area (Å²) in [5.41, 5.74) is 3.53. The SMILES string of the molecule is COc1ccc(NC(=O)CSc2nc(=O)n(Cc3cccnc3)c3c2CCCC3)cc1. The van der Waals surface area contributed by atoms with E-state index >= 15 is 0 Å². The van der Waals surface area contributed by atoms with Crippen LogP contribution >= 0.6 is 11.8 Å². The third-order valence-electron chi connectivity index (χ3n) is 5.23. The first kappa shape index (κ1) is 21.1.